The van der Waals surface area contributed by atoms with Gasteiger partial charge in [0.1, 0.15) is 0 Å². The van der Waals surface area contributed by atoms with Crippen molar-refractivity contribution in [1.29, 1.82) is 5.41 Å². The molecule has 0 rings (SSSR count). The van der Waals surface area contributed by atoms with Gasteiger partial charge in [-0.2, -0.15) is 0 Å². The number of hydrogen-bond donors (Lipinski definition) is 3. The third-order valence-electron chi connectivity index (χ3n) is 1.61. The Labute approximate surface area is 67.6 Å². The lowest BCUT2D eigenvalue weighted by Crippen LogP contribution is -2.08. The van der Waals surface area contributed by atoms with Gasteiger partial charge in [0.15, 0.2) is 6.29 Å². The third kappa shape index (κ3) is 6.01. The van der Waals surface area contributed by atoms with E-state index >= 15 is 0 Å². The SMILES string of the molecule is CC(C)C(=N)CCCC(O)O. The Balaban J connectivity index is 3.32. The fourth-order valence-electron chi connectivity index (χ4n) is 0.764. The largest absolute Gasteiger partial charge is 0.368 e. The number of rotatable bonds is 5. The Hall–Kier alpha value is -0.410. The highest BCUT2D eigenvalue weighted by Gasteiger charge is 2.03. The van der Waals surface area contributed by atoms with E-state index < -0.39 is 6.29 Å². The molecule has 3 nitrogen and oxygen atoms in total. The second-order valence-electron chi connectivity index (χ2n) is 3.05. The van der Waals surface area contributed by atoms with E-state index in [1.165, 1.54) is 0 Å². The molecule has 0 aromatic rings. The van der Waals surface area contributed by atoms with Crippen molar-refractivity contribution in [1.82, 2.24) is 0 Å². The molecule has 11 heavy (non-hydrogen) atoms. The maximum atomic E-state index is 8.49. The fraction of sp³-hybridized carbons (Fsp3) is 0.875. The molecule has 0 saturated carbocycles. The Kier molecular flexibility index (Phi) is 5.07. The quantitative estimate of drug-likeness (QED) is 0.416. The Morgan fingerprint density at radius 1 is 1.36 bits per heavy atom. The minimum absolute atomic E-state index is 0.283. The molecule has 3 heteroatoms. The van der Waals surface area contributed by atoms with E-state index in [1.807, 2.05) is 13.8 Å². The molecule has 0 radical (unpaired) electrons. The van der Waals surface area contributed by atoms with Crippen molar-refractivity contribution in [3.05, 3.63) is 0 Å². The molecule has 66 valence electrons. The molecule has 0 amide bonds. The molecule has 3 N–H and O–H groups in total. The van der Waals surface area contributed by atoms with Crippen LogP contribution in [0.15, 0.2) is 0 Å². The lowest BCUT2D eigenvalue weighted by Gasteiger charge is -2.07. The van der Waals surface area contributed by atoms with Crippen LogP contribution < -0.4 is 0 Å². The van der Waals surface area contributed by atoms with E-state index in [9.17, 15) is 0 Å². The van der Waals surface area contributed by atoms with Gasteiger partial charge in [0.05, 0.1) is 0 Å². The van der Waals surface area contributed by atoms with Gasteiger partial charge >= 0.3 is 0 Å². The molecule has 0 atom stereocenters. The van der Waals surface area contributed by atoms with E-state index in [-0.39, 0.29) is 5.92 Å². The van der Waals surface area contributed by atoms with Crippen LogP contribution in [0.25, 0.3) is 0 Å². The molecule has 0 unspecified atom stereocenters. The molecular formula is C8H17NO2. The predicted octanol–water partition coefficient (Wildman–Crippen LogP) is 1.14. The summed E-state index contributed by atoms with van der Waals surface area (Å²) in [5.41, 5.74) is 0.686. The first kappa shape index (κ1) is 10.6. The highest BCUT2D eigenvalue weighted by Crippen LogP contribution is 2.05. The van der Waals surface area contributed by atoms with Gasteiger partial charge in [0, 0.05) is 5.71 Å². The average Bonchev–Trinajstić information content (AvgIpc) is 1.86. The average molecular weight is 159 g/mol. The number of aliphatic hydroxyl groups is 2. The van der Waals surface area contributed by atoms with Crippen LogP contribution in [0, 0.1) is 11.3 Å². The van der Waals surface area contributed by atoms with E-state index in [0.29, 0.717) is 25.0 Å². The van der Waals surface area contributed by atoms with Gasteiger partial charge in [-0.1, -0.05) is 13.8 Å². The molecule has 0 spiro atoms. The van der Waals surface area contributed by atoms with Crippen molar-refractivity contribution >= 4 is 5.71 Å². The molecule has 0 heterocycles. The van der Waals surface area contributed by atoms with Gasteiger partial charge in [-0.05, 0) is 25.2 Å². The standard InChI is InChI=1S/C8H17NO2/c1-6(2)7(9)4-3-5-8(10)11/h6,8-11H,3-5H2,1-2H3. The first-order chi connectivity index (χ1) is 5.04. The zero-order valence-corrected chi connectivity index (χ0v) is 7.17. The highest BCUT2D eigenvalue weighted by atomic mass is 16.5. The van der Waals surface area contributed by atoms with Crippen molar-refractivity contribution in [2.24, 2.45) is 5.92 Å². The summed E-state index contributed by atoms with van der Waals surface area (Å²) in [7, 11) is 0. The molecule has 0 fully saturated rings. The van der Waals surface area contributed by atoms with Crippen molar-refractivity contribution in [3.63, 3.8) is 0 Å². The molecule has 0 bridgehead atoms. The van der Waals surface area contributed by atoms with Crippen molar-refractivity contribution in [3.8, 4) is 0 Å². The van der Waals surface area contributed by atoms with Crippen LogP contribution in [0.2, 0.25) is 0 Å². The summed E-state index contributed by atoms with van der Waals surface area (Å²) in [5, 5.41) is 24.4. The number of aliphatic hydroxyl groups excluding tert-OH is 1. The number of nitrogens with one attached hydrogen (secondary N) is 1. The van der Waals surface area contributed by atoms with Crippen LogP contribution in [0.3, 0.4) is 0 Å². The van der Waals surface area contributed by atoms with Crippen LogP contribution in [0.4, 0.5) is 0 Å². The van der Waals surface area contributed by atoms with Gasteiger partial charge < -0.3 is 15.6 Å². The second-order valence-corrected chi connectivity index (χ2v) is 3.05. The minimum Gasteiger partial charge on any atom is -0.368 e. The summed E-state index contributed by atoms with van der Waals surface area (Å²) in [6, 6.07) is 0. The summed E-state index contributed by atoms with van der Waals surface area (Å²) in [4.78, 5) is 0. The Bertz CT molecular complexity index is 121. The summed E-state index contributed by atoms with van der Waals surface area (Å²) in [6.07, 6.45) is 0.522. The van der Waals surface area contributed by atoms with Crippen molar-refractivity contribution in [2.45, 2.75) is 39.4 Å². The molecular weight excluding hydrogens is 142 g/mol. The van der Waals surface area contributed by atoms with E-state index in [0.717, 1.165) is 0 Å². The first-order valence-electron chi connectivity index (χ1n) is 3.97. The van der Waals surface area contributed by atoms with E-state index in [1.54, 1.807) is 0 Å². The molecule has 0 saturated heterocycles. The zero-order valence-electron chi connectivity index (χ0n) is 7.17. The fourth-order valence-corrected chi connectivity index (χ4v) is 0.764. The number of hydrogen-bond acceptors (Lipinski definition) is 3. The Morgan fingerprint density at radius 2 is 1.91 bits per heavy atom. The smallest absolute Gasteiger partial charge is 0.151 e. The Morgan fingerprint density at radius 3 is 2.27 bits per heavy atom. The predicted molar refractivity (Wildman–Crippen MR) is 44.6 cm³/mol. The maximum absolute atomic E-state index is 8.49. The molecule has 0 aliphatic carbocycles. The van der Waals surface area contributed by atoms with Gasteiger partial charge in [-0.3, -0.25) is 0 Å². The monoisotopic (exact) mass is 159 g/mol. The van der Waals surface area contributed by atoms with Crippen LogP contribution in [-0.2, 0) is 0 Å². The lowest BCUT2D eigenvalue weighted by molar-refractivity contribution is -0.0458. The van der Waals surface area contributed by atoms with Crippen LogP contribution in [0.5, 0.6) is 0 Å². The summed E-state index contributed by atoms with van der Waals surface area (Å²) in [6.45, 7) is 3.94. The molecule has 0 aromatic heterocycles. The van der Waals surface area contributed by atoms with Gasteiger partial charge in [-0.25, -0.2) is 0 Å². The molecule has 0 aromatic carbocycles. The second kappa shape index (κ2) is 5.27. The zero-order chi connectivity index (χ0) is 8.85. The van der Waals surface area contributed by atoms with Crippen LogP contribution in [0.1, 0.15) is 33.1 Å². The minimum atomic E-state index is -1.21. The van der Waals surface area contributed by atoms with Crippen molar-refractivity contribution in [2.75, 3.05) is 0 Å². The van der Waals surface area contributed by atoms with Crippen LogP contribution >= 0.6 is 0 Å². The highest BCUT2D eigenvalue weighted by molar-refractivity contribution is 5.82. The topological polar surface area (TPSA) is 64.3 Å². The molecule has 0 aliphatic rings. The first-order valence-corrected chi connectivity index (χ1v) is 3.97. The summed E-state index contributed by atoms with van der Waals surface area (Å²) in [5.74, 6) is 0.283. The normalized spacial score (nSPS) is 11.1. The third-order valence-corrected chi connectivity index (χ3v) is 1.61. The van der Waals surface area contributed by atoms with E-state index in [2.05, 4.69) is 0 Å². The summed E-state index contributed by atoms with van der Waals surface area (Å²) < 4.78 is 0. The van der Waals surface area contributed by atoms with Crippen molar-refractivity contribution < 1.29 is 10.2 Å². The van der Waals surface area contributed by atoms with Gasteiger partial charge in [-0.15, -0.1) is 0 Å². The lowest BCUT2D eigenvalue weighted by atomic mass is 10.0. The van der Waals surface area contributed by atoms with Crippen LogP contribution in [-0.4, -0.2) is 22.2 Å². The maximum Gasteiger partial charge on any atom is 0.151 e. The van der Waals surface area contributed by atoms with Gasteiger partial charge in [0.2, 0.25) is 0 Å². The summed E-state index contributed by atoms with van der Waals surface area (Å²) >= 11 is 0. The van der Waals surface area contributed by atoms with Gasteiger partial charge in [0.25, 0.3) is 0 Å². The van der Waals surface area contributed by atoms with E-state index in [4.69, 9.17) is 15.6 Å². The molecule has 0 aliphatic heterocycles.